The Bertz CT molecular complexity index is 1130. The van der Waals surface area contributed by atoms with Crippen molar-refractivity contribution in [1.29, 1.82) is 0 Å². The molecule has 148 valence electrons. The zero-order valence-corrected chi connectivity index (χ0v) is 16.6. The first kappa shape index (κ1) is 20.2. The van der Waals surface area contributed by atoms with E-state index in [9.17, 15) is 9.90 Å². The summed E-state index contributed by atoms with van der Waals surface area (Å²) < 4.78 is 11.6. The summed E-state index contributed by atoms with van der Waals surface area (Å²) in [6.07, 6.45) is 7.80. The number of ether oxygens (including phenoxy) is 1. The first-order valence-electron chi connectivity index (χ1n) is 9.43. The average Bonchev–Trinajstić information content (AvgIpc) is 2.70. The van der Waals surface area contributed by atoms with Crippen molar-refractivity contribution in [3.63, 3.8) is 0 Å². The van der Waals surface area contributed by atoms with Gasteiger partial charge in [-0.15, -0.1) is 0 Å². The number of fused-ring (bicyclic) bond motifs is 1. The number of hydrogen-bond donors (Lipinski definition) is 1. The topological polar surface area (TPSA) is 59.7 Å². The fraction of sp³-hybridized carbons (Fsp3) is 0.160. The van der Waals surface area contributed by atoms with E-state index < -0.39 is 0 Å². The van der Waals surface area contributed by atoms with Crippen LogP contribution in [0.4, 0.5) is 0 Å². The fourth-order valence-electron chi connectivity index (χ4n) is 3.00. The maximum atomic E-state index is 13.3. The van der Waals surface area contributed by atoms with E-state index in [0.717, 1.165) is 5.56 Å². The molecule has 0 amide bonds. The van der Waals surface area contributed by atoms with Gasteiger partial charge in [0, 0.05) is 23.3 Å². The van der Waals surface area contributed by atoms with E-state index in [4.69, 9.17) is 9.15 Å². The zero-order chi connectivity index (χ0) is 20.8. The summed E-state index contributed by atoms with van der Waals surface area (Å²) in [4.78, 5) is 13.3. The molecular weight excluding hydrogens is 364 g/mol. The molecule has 0 fully saturated rings. The minimum Gasteiger partial charge on any atom is -0.507 e. The highest BCUT2D eigenvalue weighted by Gasteiger charge is 2.18. The van der Waals surface area contributed by atoms with Crippen LogP contribution in [0.1, 0.15) is 19.4 Å². The van der Waals surface area contributed by atoms with Gasteiger partial charge in [0.25, 0.3) is 0 Å². The lowest BCUT2D eigenvalue weighted by atomic mass is 10.0. The maximum Gasteiger partial charge on any atom is 0.200 e. The molecule has 0 unspecified atom stereocenters. The summed E-state index contributed by atoms with van der Waals surface area (Å²) >= 11 is 0. The Hall–Kier alpha value is -3.53. The van der Waals surface area contributed by atoms with Gasteiger partial charge in [-0.3, -0.25) is 4.79 Å². The summed E-state index contributed by atoms with van der Waals surface area (Å²) in [5.41, 5.74) is 2.50. The van der Waals surface area contributed by atoms with Gasteiger partial charge in [-0.25, -0.2) is 0 Å². The van der Waals surface area contributed by atoms with Crippen molar-refractivity contribution in [2.75, 3.05) is 6.61 Å². The molecule has 2 aromatic carbocycles. The number of aromatic hydroxyl groups is 1. The summed E-state index contributed by atoms with van der Waals surface area (Å²) in [6, 6.07) is 12.5. The SMILES string of the molecule is C=CCOc1cc(O)c2c(=O)c(C/C=C/C=C(C)C)c(-c3ccccc3)oc2c1. The van der Waals surface area contributed by atoms with Gasteiger partial charge in [-0.1, -0.05) is 66.8 Å². The molecule has 0 atom stereocenters. The highest BCUT2D eigenvalue weighted by atomic mass is 16.5. The average molecular weight is 388 g/mol. The molecule has 0 saturated carbocycles. The van der Waals surface area contributed by atoms with E-state index in [1.165, 1.54) is 11.6 Å². The molecule has 0 bridgehead atoms. The monoisotopic (exact) mass is 388 g/mol. The normalized spacial score (nSPS) is 11.0. The Balaban J connectivity index is 2.21. The van der Waals surface area contributed by atoms with E-state index >= 15 is 0 Å². The second-order valence-corrected chi connectivity index (χ2v) is 6.90. The van der Waals surface area contributed by atoms with E-state index in [1.807, 2.05) is 62.4 Å². The Morgan fingerprint density at radius 1 is 1.21 bits per heavy atom. The Morgan fingerprint density at radius 3 is 2.66 bits per heavy atom. The lowest BCUT2D eigenvalue weighted by molar-refractivity contribution is 0.360. The van der Waals surface area contributed by atoms with Crippen molar-refractivity contribution in [2.24, 2.45) is 0 Å². The number of hydrogen-bond acceptors (Lipinski definition) is 4. The number of benzene rings is 2. The third-order valence-corrected chi connectivity index (χ3v) is 4.33. The summed E-state index contributed by atoms with van der Waals surface area (Å²) in [5, 5.41) is 10.6. The molecule has 29 heavy (non-hydrogen) atoms. The summed E-state index contributed by atoms with van der Waals surface area (Å²) in [6.45, 7) is 7.92. The van der Waals surface area contributed by atoms with Crippen LogP contribution in [0.3, 0.4) is 0 Å². The van der Waals surface area contributed by atoms with Gasteiger partial charge < -0.3 is 14.3 Å². The predicted octanol–water partition coefficient (Wildman–Crippen LogP) is 5.80. The Kier molecular flexibility index (Phi) is 6.35. The van der Waals surface area contributed by atoms with Crippen molar-refractivity contribution < 1.29 is 14.3 Å². The van der Waals surface area contributed by atoms with Gasteiger partial charge in [0.1, 0.15) is 34.8 Å². The lowest BCUT2D eigenvalue weighted by Crippen LogP contribution is -2.11. The number of phenols is 1. The van der Waals surface area contributed by atoms with Crippen molar-refractivity contribution in [3.05, 3.63) is 94.7 Å². The predicted molar refractivity (Wildman–Crippen MR) is 118 cm³/mol. The fourth-order valence-corrected chi connectivity index (χ4v) is 3.00. The van der Waals surface area contributed by atoms with Crippen LogP contribution in [0.25, 0.3) is 22.3 Å². The van der Waals surface area contributed by atoms with Crippen LogP contribution >= 0.6 is 0 Å². The quantitative estimate of drug-likeness (QED) is 0.411. The van der Waals surface area contributed by atoms with Gasteiger partial charge >= 0.3 is 0 Å². The number of allylic oxidation sites excluding steroid dienone is 4. The van der Waals surface area contributed by atoms with Crippen LogP contribution in [0.15, 0.2) is 88.1 Å². The first-order valence-corrected chi connectivity index (χ1v) is 9.43. The number of rotatable bonds is 7. The maximum absolute atomic E-state index is 13.3. The molecule has 4 heteroatoms. The zero-order valence-electron chi connectivity index (χ0n) is 16.6. The third kappa shape index (κ3) is 4.66. The minimum absolute atomic E-state index is 0.154. The molecule has 1 N–H and O–H groups in total. The highest BCUT2D eigenvalue weighted by Crippen LogP contribution is 2.33. The van der Waals surface area contributed by atoms with Crippen molar-refractivity contribution >= 4 is 11.0 Å². The summed E-state index contributed by atoms with van der Waals surface area (Å²) in [7, 11) is 0. The molecule has 4 nitrogen and oxygen atoms in total. The van der Waals surface area contributed by atoms with E-state index in [0.29, 0.717) is 23.5 Å². The molecular formula is C25H24O4. The van der Waals surface area contributed by atoms with Crippen LogP contribution < -0.4 is 10.2 Å². The number of phenolic OH excluding ortho intramolecular Hbond substituents is 1. The van der Waals surface area contributed by atoms with Crippen molar-refractivity contribution in [1.82, 2.24) is 0 Å². The largest absolute Gasteiger partial charge is 0.507 e. The van der Waals surface area contributed by atoms with Gasteiger partial charge in [0.2, 0.25) is 5.43 Å². The Morgan fingerprint density at radius 2 is 1.97 bits per heavy atom. The van der Waals surface area contributed by atoms with Crippen molar-refractivity contribution in [2.45, 2.75) is 20.3 Å². The van der Waals surface area contributed by atoms with Gasteiger partial charge in [-0.2, -0.15) is 0 Å². The minimum atomic E-state index is -0.250. The standard InChI is InChI=1S/C25H24O4/c1-4-14-28-19-15-21(26)23-22(16-19)29-25(18-11-6-5-7-12-18)20(24(23)27)13-9-8-10-17(2)3/h4-12,15-16,26H,1,13-14H2,2-3H3/b9-8+. The van der Waals surface area contributed by atoms with E-state index in [1.54, 1.807) is 12.1 Å². The van der Waals surface area contributed by atoms with Crippen molar-refractivity contribution in [3.8, 4) is 22.8 Å². The lowest BCUT2D eigenvalue weighted by Gasteiger charge is -2.11. The molecule has 1 aromatic heterocycles. The highest BCUT2D eigenvalue weighted by molar-refractivity contribution is 5.87. The van der Waals surface area contributed by atoms with Crippen LogP contribution in [0, 0.1) is 0 Å². The van der Waals surface area contributed by atoms with Crippen LogP contribution in [-0.2, 0) is 6.42 Å². The van der Waals surface area contributed by atoms with E-state index in [2.05, 4.69) is 6.58 Å². The van der Waals surface area contributed by atoms with Gasteiger partial charge in [-0.05, 0) is 20.3 Å². The molecule has 0 radical (unpaired) electrons. The molecule has 0 spiro atoms. The Labute approximate surface area is 170 Å². The smallest absolute Gasteiger partial charge is 0.200 e. The molecule has 0 aliphatic heterocycles. The second-order valence-electron chi connectivity index (χ2n) is 6.90. The first-order chi connectivity index (χ1) is 14.0. The molecule has 3 rings (SSSR count). The van der Waals surface area contributed by atoms with Crippen LogP contribution in [-0.4, -0.2) is 11.7 Å². The molecule has 0 aliphatic carbocycles. The third-order valence-electron chi connectivity index (χ3n) is 4.33. The molecule has 1 heterocycles. The van der Waals surface area contributed by atoms with E-state index in [-0.39, 0.29) is 28.8 Å². The molecule has 0 aliphatic rings. The molecule has 3 aromatic rings. The van der Waals surface area contributed by atoms with Crippen LogP contribution in [0.5, 0.6) is 11.5 Å². The molecule has 0 saturated heterocycles. The summed E-state index contributed by atoms with van der Waals surface area (Å²) in [5.74, 6) is 0.739. The van der Waals surface area contributed by atoms with Gasteiger partial charge in [0.15, 0.2) is 0 Å². The van der Waals surface area contributed by atoms with Gasteiger partial charge in [0.05, 0.1) is 0 Å². The second kappa shape index (κ2) is 9.11. The van der Waals surface area contributed by atoms with Crippen LogP contribution in [0.2, 0.25) is 0 Å².